The molecule has 0 saturated carbocycles. The standard InChI is InChI=1S/C19H25NS/c1-2-20-17(8-5-9-18-10-6-12-21-18)14-16-13-15-7-3-4-11-19(15)16/h3-4,6-7,10-12,16-17,20H,2,5,8-9,13-14H2,1H3. The van der Waals surface area contributed by atoms with Crippen LogP contribution in [0.3, 0.4) is 0 Å². The van der Waals surface area contributed by atoms with Gasteiger partial charge in [-0.3, -0.25) is 0 Å². The van der Waals surface area contributed by atoms with E-state index in [0.717, 1.165) is 12.5 Å². The van der Waals surface area contributed by atoms with Crippen LogP contribution in [0.25, 0.3) is 0 Å². The summed E-state index contributed by atoms with van der Waals surface area (Å²) in [7, 11) is 0. The fourth-order valence-electron chi connectivity index (χ4n) is 3.49. The van der Waals surface area contributed by atoms with E-state index in [-0.39, 0.29) is 0 Å². The van der Waals surface area contributed by atoms with Gasteiger partial charge in [-0.25, -0.2) is 0 Å². The molecule has 2 atom stereocenters. The molecule has 1 aliphatic rings. The maximum atomic E-state index is 3.70. The Labute approximate surface area is 132 Å². The fraction of sp³-hybridized carbons (Fsp3) is 0.474. The summed E-state index contributed by atoms with van der Waals surface area (Å²) in [6, 6.07) is 14.0. The van der Waals surface area contributed by atoms with E-state index in [1.807, 2.05) is 11.3 Å². The summed E-state index contributed by atoms with van der Waals surface area (Å²) in [5.74, 6) is 0.784. The summed E-state index contributed by atoms with van der Waals surface area (Å²) in [6.45, 7) is 3.30. The first-order valence-corrected chi connectivity index (χ1v) is 9.08. The Bertz CT molecular complexity index is 546. The summed E-state index contributed by atoms with van der Waals surface area (Å²) in [4.78, 5) is 1.53. The summed E-state index contributed by atoms with van der Waals surface area (Å²) in [6.07, 6.45) is 6.41. The van der Waals surface area contributed by atoms with Gasteiger partial charge in [0.15, 0.2) is 0 Å². The Morgan fingerprint density at radius 3 is 2.90 bits per heavy atom. The van der Waals surface area contributed by atoms with Crippen molar-refractivity contribution in [2.45, 2.75) is 51.0 Å². The third-order valence-electron chi connectivity index (χ3n) is 4.58. The van der Waals surface area contributed by atoms with Gasteiger partial charge in [0, 0.05) is 10.9 Å². The Hall–Kier alpha value is -1.12. The number of rotatable bonds is 8. The molecule has 0 aliphatic heterocycles. The van der Waals surface area contributed by atoms with Crippen molar-refractivity contribution < 1.29 is 0 Å². The number of hydrogen-bond donors (Lipinski definition) is 1. The van der Waals surface area contributed by atoms with Crippen LogP contribution in [0, 0.1) is 0 Å². The molecule has 21 heavy (non-hydrogen) atoms. The van der Waals surface area contributed by atoms with Crippen LogP contribution >= 0.6 is 11.3 Å². The lowest BCUT2D eigenvalue weighted by atomic mass is 9.74. The van der Waals surface area contributed by atoms with E-state index in [4.69, 9.17) is 0 Å². The molecule has 1 N–H and O–H groups in total. The zero-order valence-electron chi connectivity index (χ0n) is 12.8. The molecular weight excluding hydrogens is 274 g/mol. The van der Waals surface area contributed by atoms with Crippen molar-refractivity contribution in [3.05, 3.63) is 57.8 Å². The summed E-state index contributed by atoms with van der Waals surface area (Å²) in [5.41, 5.74) is 3.16. The van der Waals surface area contributed by atoms with Crippen LogP contribution in [-0.2, 0) is 12.8 Å². The van der Waals surface area contributed by atoms with Crippen molar-refractivity contribution in [3.8, 4) is 0 Å². The third-order valence-corrected chi connectivity index (χ3v) is 5.52. The second-order valence-electron chi connectivity index (χ2n) is 6.06. The van der Waals surface area contributed by atoms with Crippen LogP contribution in [0.1, 0.15) is 48.1 Å². The maximum Gasteiger partial charge on any atom is 0.00730 e. The first-order valence-electron chi connectivity index (χ1n) is 8.20. The molecule has 1 aromatic heterocycles. The molecule has 0 amide bonds. The second-order valence-corrected chi connectivity index (χ2v) is 7.09. The predicted molar refractivity (Wildman–Crippen MR) is 92.2 cm³/mol. The molecule has 2 unspecified atom stereocenters. The van der Waals surface area contributed by atoms with E-state index in [1.54, 1.807) is 11.1 Å². The topological polar surface area (TPSA) is 12.0 Å². The smallest absolute Gasteiger partial charge is 0.00730 e. The summed E-state index contributed by atoms with van der Waals surface area (Å²) >= 11 is 1.89. The van der Waals surface area contributed by atoms with Gasteiger partial charge in [-0.1, -0.05) is 37.3 Å². The van der Waals surface area contributed by atoms with Crippen molar-refractivity contribution in [1.82, 2.24) is 5.32 Å². The van der Waals surface area contributed by atoms with Crippen LogP contribution in [0.2, 0.25) is 0 Å². The Morgan fingerprint density at radius 2 is 2.14 bits per heavy atom. The van der Waals surface area contributed by atoms with E-state index in [1.165, 1.54) is 37.0 Å². The van der Waals surface area contributed by atoms with Crippen molar-refractivity contribution in [1.29, 1.82) is 0 Å². The van der Waals surface area contributed by atoms with Crippen LogP contribution in [0.5, 0.6) is 0 Å². The normalized spacial score (nSPS) is 18.0. The fourth-order valence-corrected chi connectivity index (χ4v) is 4.24. The van der Waals surface area contributed by atoms with Crippen LogP contribution in [-0.4, -0.2) is 12.6 Å². The molecule has 112 valence electrons. The lowest BCUT2D eigenvalue weighted by Gasteiger charge is -2.33. The highest BCUT2D eigenvalue weighted by molar-refractivity contribution is 7.09. The highest BCUT2D eigenvalue weighted by atomic mass is 32.1. The highest BCUT2D eigenvalue weighted by Crippen LogP contribution is 2.38. The van der Waals surface area contributed by atoms with E-state index in [9.17, 15) is 0 Å². The van der Waals surface area contributed by atoms with Crippen LogP contribution in [0.15, 0.2) is 41.8 Å². The van der Waals surface area contributed by atoms with Gasteiger partial charge in [0.05, 0.1) is 0 Å². The average molecular weight is 299 g/mol. The zero-order valence-corrected chi connectivity index (χ0v) is 13.7. The van der Waals surface area contributed by atoms with Crippen molar-refractivity contribution in [2.24, 2.45) is 0 Å². The highest BCUT2D eigenvalue weighted by Gasteiger charge is 2.27. The Morgan fingerprint density at radius 1 is 1.24 bits per heavy atom. The molecule has 1 nitrogen and oxygen atoms in total. The minimum absolute atomic E-state index is 0.674. The van der Waals surface area contributed by atoms with Crippen molar-refractivity contribution in [2.75, 3.05) is 6.54 Å². The van der Waals surface area contributed by atoms with Gasteiger partial charge >= 0.3 is 0 Å². The zero-order chi connectivity index (χ0) is 14.5. The van der Waals surface area contributed by atoms with E-state index >= 15 is 0 Å². The molecule has 0 spiro atoms. The lowest BCUT2D eigenvalue weighted by Crippen LogP contribution is -2.33. The predicted octanol–water partition coefficient (Wildman–Crippen LogP) is 4.78. The van der Waals surface area contributed by atoms with Gasteiger partial charge < -0.3 is 5.32 Å². The number of benzene rings is 1. The molecule has 2 heteroatoms. The van der Waals surface area contributed by atoms with Gasteiger partial charge in [-0.15, -0.1) is 11.3 Å². The molecule has 0 bridgehead atoms. The molecule has 0 saturated heterocycles. The maximum absolute atomic E-state index is 3.70. The van der Waals surface area contributed by atoms with E-state index < -0.39 is 0 Å². The van der Waals surface area contributed by atoms with Gasteiger partial charge in [0.25, 0.3) is 0 Å². The van der Waals surface area contributed by atoms with Gasteiger partial charge in [-0.05, 0) is 67.1 Å². The minimum Gasteiger partial charge on any atom is -0.314 e. The first kappa shape index (κ1) is 14.8. The molecule has 1 aliphatic carbocycles. The second kappa shape index (κ2) is 7.24. The van der Waals surface area contributed by atoms with Crippen LogP contribution < -0.4 is 5.32 Å². The quantitative estimate of drug-likeness (QED) is 0.739. The molecule has 1 aromatic carbocycles. The number of aryl methyl sites for hydroxylation is 1. The first-order chi connectivity index (χ1) is 10.4. The Kier molecular flexibility index (Phi) is 5.10. The molecule has 0 radical (unpaired) electrons. The third kappa shape index (κ3) is 3.75. The molecule has 3 rings (SSSR count). The summed E-state index contributed by atoms with van der Waals surface area (Å²) in [5, 5.41) is 5.88. The van der Waals surface area contributed by atoms with Gasteiger partial charge in [0.1, 0.15) is 0 Å². The van der Waals surface area contributed by atoms with Crippen molar-refractivity contribution >= 4 is 11.3 Å². The molecule has 1 heterocycles. The largest absolute Gasteiger partial charge is 0.314 e. The van der Waals surface area contributed by atoms with Crippen LogP contribution in [0.4, 0.5) is 0 Å². The molecular formula is C19H25NS. The van der Waals surface area contributed by atoms with Gasteiger partial charge in [0.2, 0.25) is 0 Å². The minimum atomic E-state index is 0.674. The van der Waals surface area contributed by atoms with E-state index in [0.29, 0.717) is 6.04 Å². The number of hydrogen-bond acceptors (Lipinski definition) is 2. The van der Waals surface area contributed by atoms with Crippen molar-refractivity contribution in [3.63, 3.8) is 0 Å². The molecule has 2 aromatic rings. The molecule has 0 fully saturated rings. The average Bonchev–Trinajstić information content (AvgIpc) is 2.98. The lowest BCUT2D eigenvalue weighted by molar-refractivity contribution is 0.398. The number of fused-ring (bicyclic) bond motifs is 1. The number of nitrogens with one attached hydrogen (secondary N) is 1. The monoisotopic (exact) mass is 299 g/mol. The van der Waals surface area contributed by atoms with E-state index in [2.05, 4.69) is 54.0 Å². The number of thiophene rings is 1. The summed E-state index contributed by atoms with van der Waals surface area (Å²) < 4.78 is 0. The Balaban J connectivity index is 1.48. The SMILES string of the molecule is CCNC(CCCc1cccs1)CC1Cc2ccccc21. The van der Waals surface area contributed by atoms with Gasteiger partial charge in [-0.2, -0.15) is 0 Å².